The van der Waals surface area contributed by atoms with Crippen molar-refractivity contribution >= 4 is 45.8 Å². The Hall–Kier alpha value is -3.76. The fraction of sp³-hybridized carbons (Fsp3) is 0.0870. The first kappa shape index (κ1) is 22.1. The number of nitro benzene ring substituents is 1. The highest BCUT2D eigenvalue weighted by molar-refractivity contribution is 8.13. The molecule has 0 saturated heterocycles. The maximum absolute atomic E-state index is 14.0. The van der Waals surface area contributed by atoms with Gasteiger partial charge in [-0.2, -0.15) is 0 Å². The summed E-state index contributed by atoms with van der Waals surface area (Å²) in [6.07, 6.45) is -0.837. The number of carbonyl (C=O) groups excluding carboxylic acids is 1. The lowest BCUT2D eigenvalue weighted by molar-refractivity contribution is -0.384. The fourth-order valence-corrected chi connectivity index (χ4v) is 4.72. The molecule has 8 nitrogen and oxygen atoms in total. The average molecular weight is 496 g/mol. The van der Waals surface area contributed by atoms with Crippen molar-refractivity contribution in [1.82, 2.24) is 10.3 Å². The number of benzene rings is 3. The minimum Gasteiger partial charge on any atom is -0.298 e. The number of nitrogens with one attached hydrogen (secondary N) is 1. The van der Waals surface area contributed by atoms with Crippen LogP contribution in [0.25, 0.3) is 5.70 Å². The molecule has 0 bridgehead atoms. The molecule has 0 spiro atoms. The molecular formula is C23H15ClFN5O3S. The third-order valence-corrected chi connectivity index (χ3v) is 6.53. The van der Waals surface area contributed by atoms with Crippen LogP contribution in [0.2, 0.25) is 5.02 Å². The van der Waals surface area contributed by atoms with Gasteiger partial charge in [-0.05, 0) is 23.8 Å². The highest BCUT2D eigenvalue weighted by atomic mass is 35.5. The fourth-order valence-electron chi connectivity index (χ4n) is 3.70. The van der Waals surface area contributed by atoms with E-state index in [1.54, 1.807) is 48.5 Å². The lowest BCUT2D eigenvalue weighted by Crippen LogP contribution is -2.50. The Labute approximate surface area is 201 Å². The van der Waals surface area contributed by atoms with Crippen molar-refractivity contribution in [2.24, 2.45) is 10.1 Å². The van der Waals surface area contributed by atoms with E-state index in [2.05, 4.69) is 10.4 Å². The van der Waals surface area contributed by atoms with Crippen molar-refractivity contribution in [3.8, 4) is 0 Å². The molecule has 0 saturated carbocycles. The van der Waals surface area contributed by atoms with Crippen LogP contribution in [0.4, 0.5) is 10.1 Å². The van der Waals surface area contributed by atoms with Crippen LogP contribution in [0, 0.1) is 15.9 Å². The summed E-state index contributed by atoms with van der Waals surface area (Å²) in [5.41, 5.74) is 0.913. The molecule has 0 aromatic heterocycles. The van der Waals surface area contributed by atoms with E-state index in [1.807, 2.05) is 0 Å². The molecule has 0 radical (unpaired) electrons. The van der Waals surface area contributed by atoms with Crippen LogP contribution in [0.3, 0.4) is 0 Å². The van der Waals surface area contributed by atoms with Gasteiger partial charge in [0, 0.05) is 22.6 Å². The van der Waals surface area contributed by atoms with E-state index in [0.717, 1.165) is 0 Å². The number of amidine groups is 1. The number of halogens is 2. The number of hydrogen-bond acceptors (Lipinski definition) is 7. The molecule has 1 atom stereocenters. The minimum absolute atomic E-state index is 0.00446. The Balaban J connectivity index is 1.59. The van der Waals surface area contributed by atoms with Gasteiger partial charge in [-0.15, -0.1) is 5.10 Å². The topological polar surface area (TPSA) is 100 Å². The second-order valence-electron chi connectivity index (χ2n) is 7.42. The van der Waals surface area contributed by atoms with Crippen molar-refractivity contribution in [1.29, 1.82) is 0 Å². The first-order valence-electron chi connectivity index (χ1n) is 10.1. The number of nitro groups is 1. The van der Waals surface area contributed by atoms with E-state index in [4.69, 9.17) is 16.6 Å². The van der Waals surface area contributed by atoms with Crippen LogP contribution in [0.15, 0.2) is 76.8 Å². The van der Waals surface area contributed by atoms with Crippen LogP contribution in [-0.4, -0.2) is 21.0 Å². The van der Waals surface area contributed by atoms with E-state index < -0.39 is 17.0 Å². The van der Waals surface area contributed by atoms with Crippen molar-refractivity contribution in [2.75, 3.05) is 0 Å². The molecule has 5 rings (SSSR count). The summed E-state index contributed by atoms with van der Waals surface area (Å²) < 4.78 is 14.0. The summed E-state index contributed by atoms with van der Waals surface area (Å²) in [4.78, 5) is 28.7. The molecule has 0 aliphatic carbocycles. The number of rotatable bonds is 4. The first-order chi connectivity index (χ1) is 16.4. The molecule has 2 heterocycles. The van der Waals surface area contributed by atoms with Crippen molar-refractivity contribution in [3.05, 3.63) is 109 Å². The molecule has 170 valence electrons. The minimum atomic E-state index is -0.837. The van der Waals surface area contributed by atoms with E-state index in [0.29, 0.717) is 21.7 Å². The number of hydrazone groups is 1. The Morgan fingerprint density at radius 2 is 1.91 bits per heavy atom. The number of thioether (sulfide) groups is 1. The summed E-state index contributed by atoms with van der Waals surface area (Å²) in [6, 6.07) is 17.8. The van der Waals surface area contributed by atoms with Crippen LogP contribution in [0.1, 0.15) is 17.3 Å². The maximum atomic E-state index is 14.0. The molecule has 3 aromatic carbocycles. The molecule has 2 aliphatic heterocycles. The van der Waals surface area contributed by atoms with Gasteiger partial charge in [-0.25, -0.2) is 9.40 Å². The van der Waals surface area contributed by atoms with E-state index in [9.17, 15) is 19.3 Å². The standard InChI is InChI=1S/C23H15ClFN5O3S/c24-16-10-9-13(11-19(16)30(32)33)21-26-18-8-4-2-6-15(18)20-22(31)27-23(28-29(20)21)34-12-14-5-1-3-7-17(14)25/h1-11,21H,12H2,(H,27,28,31)/t21-/m1/s1. The second-order valence-corrected chi connectivity index (χ2v) is 8.79. The molecule has 2 aliphatic rings. The number of hydrogen-bond donors (Lipinski definition) is 1. The summed E-state index contributed by atoms with van der Waals surface area (Å²) in [5, 5.41) is 21.6. The number of carbonyl (C=O) groups is 1. The van der Waals surface area contributed by atoms with Gasteiger partial charge < -0.3 is 0 Å². The lowest BCUT2D eigenvalue weighted by Gasteiger charge is -2.34. The second kappa shape index (κ2) is 8.88. The van der Waals surface area contributed by atoms with E-state index in [-0.39, 0.29) is 33.1 Å². The zero-order chi connectivity index (χ0) is 23.8. The molecule has 1 amide bonds. The SMILES string of the molecule is O=C1NC(SCc2ccccc2F)=NN2C1=c1ccccc1=N[C@H]2c1ccc(Cl)c([N+](=O)[O-])c1. The highest BCUT2D eigenvalue weighted by Gasteiger charge is 2.35. The zero-order valence-electron chi connectivity index (χ0n) is 17.3. The maximum Gasteiger partial charge on any atom is 0.288 e. The van der Waals surface area contributed by atoms with Crippen molar-refractivity contribution in [3.63, 3.8) is 0 Å². The van der Waals surface area contributed by atoms with Crippen LogP contribution in [-0.2, 0) is 10.5 Å². The zero-order valence-corrected chi connectivity index (χ0v) is 18.9. The third kappa shape index (κ3) is 4.02. The average Bonchev–Trinajstić information content (AvgIpc) is 2.83. The van der Waals surface area contributed by atoms with Gasteiger partial charge in [0.05, 0.1) is 10.3 Å². The summed E-state index contributed by atoms with van der Waals surface area (Å²) >= 11 is 7.16. The van der Waals surface area contributed by atoms with Gasteiger partial charge in [0.25, 0.3) is 11.6 Å². The molecule has 34 heavy (non-hydrogen) atoms. The lowest BCUT2D eigenvalue weighted by atomic mass is 10.1. The number of para-hydroxylation sites is 1. The van der Waals surface area contributed by atoms with Gasteiger partial charge in [0.2, 0.25) is 0 Å². The van der Waals surface area contributed by atoms with Crippen molar-refractivity contribution < 1.29 is 14.1 Å². The number of amides is 1. The van der Waals surface area contributed by atoms with Crippen LogP contribution < -0.4 is 15.9 Å². The summed E-state index contributed by atoms with van der Waals surface area (Å²) in [7, 11) is 0. The van der Waals surface area contributed by atoms with Crippen LogP contribution >= 0.6 is 23.4 Å². The molecule has 0 fully saturated rings. The van der Waals surface area contributed by atoms with Gasteiger partial charge in [-0.1, -0.05) is 65.8 Å². The number of nitrogens with zero attached hydrogens (tertiary/aromatic N) is 4. The predicted octanol–water partition coefficient (Wildman–Crippen LogP) is 3.46. The molecule has 0 unspecified atom stereocenters. The first-order valence-corrected chi connectivity index (χ1v) is 11.4. The van der Waals surface area contributed by atoms with Gasteiger partial charge in [0.1, 0.15) is 16.5 Å². The monoisotopic (exact) mass is 495 g/mol. The molecule has 3 aromatic rings. The Bertz CT molecular complexity index is 1500. The summed E-state index contributed by atoms with van der Waals surface area (Å²) in [5.74, 6) is -0.500. The third-order valence-electron chi connectivity index (χ3n) is 5.30. The van der Waals surface area contributed by atoms with E-state index in [1.165, 1.54) is 35.0 Å². The Morgan fingerprint density at radius 3 is 2.71 bits per heavy atom. The van der Waals surface area contributed by atoms with Crippen LogP contribution in [0.5, 0.6) is 0 Å². The van der Waals surface area contributed by atoms with Gasteiger partial charge >= 0.3 is 0 Å². The molecular weight excluding hydrogens is 481 g/mol. The highest BCUT2D eigenvalue weighted by Crippen LogP contribution is 2.35. The van der Waals surface area contributed by atoms with E-state index >= 15 is 0 Å². The smallest absolute Gasteiger partial charge is 0.288 e. The molecule has 1 N–H and O–H groups in total. The van der Waals surface area contributed by atoms with Gasteiger partial charge in [0.15, 0.2) is 11.3 Å². The number of fused-ring (bicyclic) bond motifs is 2. The largest absolute Gasteiger partial charge is 0.298 e. The Morgan fingerprint density at radius 1 is 1.15 bits per heavy atom. The van der Waals surface area contributed by atoms with Crippen molar-refractivity contribution in [2.45, 2.75) is 11.9 Å². The summed E-state index contributed by atoms with van der Waals surface area (Å²) in [6.45, 7) is 0. The van der Waals surface area contributed by atoms with Gasteiger partial charge in [-0.3, -0.25) is 25.2 Å². The normalized spacial score (nSPS) is 16.7. The quantitative estimate of drug-likeness (QED) is 0.441. The molecule has 11 heteroatoms. The Kier molecular flexibility index (Phi) is 5.76. The predicted molar refractivity (Wildman–Crippen MR) is 127 cm³/mol.